The number of hydrogen-bond donors (Lipinski definition) is 1. The summed E-state index contributed by atoms with van der Waals surface area (Å²) in [7, 11) is 0. The van der Waals surface area contributed by atoms with Crippen LogP contribution in [-0.4, -0.2) is 64.0 Å². The number of aliphatic carboxylic acids is 1. The van der Waals surface area contributed by atoms with Crippen molar-refractivity contribution in [2.75, 3.05) is 31.9 Å². The van der Waals surface area contributed by atoms with Gasteiger partial charge in [0, 0.05) is 25.3 Å². The number of carboxylic acids is 1. The monoisotopic (exact) mass is 270 g/mol. The lowest BCUT2D eigenvalue weighted by atomic mass is 10.3. The Balaban J connectivity index is 2.43. The van der Waals surface area contributed by atoms with Crippen molar-refractivity contribution < 1.29 is 19.5 Å². The molecule has 0 spiro atoms. The Morgan fingerprint density at radius 2 is 2.28 bits per heavy atom. The molecule has 0 radical (unpaired) electrons. The molecule has 98 valence electrons. The van der Waals surface area contributed by atoms with E-state index in [1.54, 1.807) is 4.90 Å². The molecule has 1 rings (SSSR count). The molecule has 1 heterocycles. The fourth-order valence-corrected chi connectivity index (χ4v) is 2.37. The summed E-state index contributed by atoms with van der Waals surface area (Å²) in [5.41, 5.74) is 0. The van der Waals surface area contributed by atoms with E-state index in [1.165, 1.54) is 11.8 Å². The average molecular weight is 270 g/mol. The van der Waals surface area contributed by atoms with Crippen molar-refractivity contribution in [2.24, 2.45) is 0 Å². The molecule has 1 fully saturated rings. The summed E-state index contributed by atoms with van der Waals surface area (Å²) in [4.78, 5) is 36.3. The number of hydrogen-bond acceptors (Lipinski definition) is 4. The van der Waals surface area contributed by atoms with Crippen LogP contribution >= 0.6 is 11.8 Å². The lowest BCUT2D eigenvalue weighted by molar-refractivity contribution is -0.144. The van der Waals surface area contributed by atoms with Crippen LogP contribution < -0.4 is 0 Å². The van der Waals surface area contributed by atoms with Gasteiger partial charge in [0.15, 0.2) is 0 Å². The maximum absolute atomic E-state index is 11.8. The number of rotatable bonds is 6. The Morgan fingerprint density at radius 3 is 2.78 bits per heavy atom. The van der Waals surface area contributed by atoms with E-state index >= 15 is 0 Å². The minimum absolute atomic E-state index is 0.0339. The molecule has 1 N–H and O–H groups in total. The number of terminal acetylenes is 1. The van der Waals surface area contributed by atoms with E-state index in [-0.39, 0.29) is 24.1 Å². The molecule has 0 aromatic rings. The summed E-state index contributed by atoms with van der Waals surface area (Å²) in [6.45, 7) is 0.496. The summed E-state index contributed by atoms with van der Waals surface area (Å²) < 4.78 is 0. The first-order chi connectivity index (χ1) is 8.54. The third kappa shape index (κ3) is 4.30. The second-order valence-electron chi connectivity index (χ2n) is 3.70. The zero-order chi connectivity index (χ0) is 13.5. The molecule has 6 nitrogen and oxygen atoms in total. The van der Waals surface area contributed by atoms with E-state index in [0.29, 0.717) is 13.1 Å². The molecule has 0 aromatic heterocycles. The van der Waals surface area contributed by atoms with Crippen LogP contribution in [0.3, 0.4) is 0 Å². The van der Waals surface area contributed by atoms with Gasteiger partial charge in [0.2, 0.25) is 5.91 Å². The second-order valence-corrected chi connectivity index (χ2v) is 4.75. The molecule has 0 bridgehead atoms. The highest BCUT2D eigenvalue weighted by Gasteiger charge is 2.23. The molecule has 0 unspecified atom stereocenters. The number of amides is 2. The molecule has 1 aliphatic rings. The first-order valence-corrected chi connectivity index (χ1v) is 6.38. The highest BCUT2D eigenvalue weighted by atomic mass is 32.2. The Hall–Kier alpha value is -1.68. The molecule has 1 aliphatic heterocycles. The van der Waals surface area contributed by atoms with Crippen molar-refractivity contribution in [3.8, 4) is 12.3 Å². The van der Waals surface area contributed by atoms with Gasteiger partial charge in [-0.2, -0.15) is 0 Å². The maximum Gasteiger partial charge on any atom is 0.323 e. The molecular formula is C11H14N2O4S. The van der Waals surface area contributed by atoms with Crippen molar-refractivity contribution in [3.05, 3.63) is 0 Å². The number of carbonyl (C=O) groups is 3. The van der Waals surface area contributed by atoms with E-state index in [4.69, 9.17) is 11.5 Å². The smallest absolute Gasteiger partial charge is 0.323 e. The first-order valence-electron chi connectivity index (χ1n) is 5.39. The standard InChI is InChI=1S/C11H14N2O4S/c1-2-4-13(8-10(15)16)9(14)3-5-12-6-7-18-11(12)17/h1H,3-8H2,(H,15,16). The zero-order valence-corrected chi connectivity index (χ0v) is 10.6. The Labute approximate surface area is 109 Å². The van der Waals surface area contributed by atoms with Crippen molar-refractivity contribution in [2.45, 2.75) is 6.42 Å². The predicted octanol–water partition coefficient (Wildman–Crippen LogP) is 0.0917. The SMILES string of the molecule is C#CCN(CC(=O)O)C(=O)CCN1CCSC1=O. The van der Waals surface area contributed by atoms with Crippen LogP contribution in [0.4, 0.5) is 4.79 Å². The van der Waals surface area contributed by atoms with Crippen molar-refractivity contribution in [1.29, 1.82) is 0 Å². The largest absolute Gasteiger partial charge is 0.480 e. The molecule has 7 heteroatoms. The van der Waals surface area contributed by atoms with Gasteiger partial charge in [0.25, 0.3) is 5.24 Å². The Kier molecular flexibility index (Phi) is 5.52. The molecule has 0 atom stereocenters. The summed E-state index contributed by atoms with van der Waals surface area (Å²) in [6, 6.07) is 0. The van der Waals surface area contributed by atoms with E-state index in [1.807, 2.05) is 0 Å². The summed E-state index contributed by atoms with van der Waals surface area (Å²) in [5, 5.41) is 8.61. The van der Waals surface area contributed by atoms with Crippen molar-refractivity contribution in [3.63, 3.8) is 0 Å². The van der Waals surface area contributed by atoms with E-state index in [0.717, 1.165) is 10.7 Å². The van der Waals surface area contributed by atoms with Crippen molar-refractivity contribution >= 4 is 28.9 Å². The number of carbonyl (C=O) groups excluding carboxylic acids is 2. The molecule has 1 saturated heterocycles. The van der Waals surface area contributed by atoms with Gasteiger partial charge in [-0.3, -0.25) is 14.4 Å². The maximum atomic E-state index is 11.8. The minimum atomic E-state index is -1.11. The average Bonchev–Trinajstić information content (AvgIpc) is 2.70. The molecule has 0 aliphatic carbocycles. The van der Waals surface area contributed by atoms with Gasteiger partial charge >= 0.3 is 5.97 Å². The molecule has 2 amide bonds. The summed E-state index contributed by atoms with van der Waals surface area (Å²) in [6.07, 6.45) is 5.18. The predicted molar refractivity (Wildman–Crippen MR) is 67.1 cm³/mol. The third-order valence-corrected chi connectivity index (χ3v) is 3.29. The van der Waals surface area contributed by atoms with Gasteiger partial charge in [-0.1, -0.05) is 17.7 Å². The topological polar surface area (TPSA) is 77.9 Å². The fourth-order valence-electron chi connectivity index (χ4n) is 1.52. The second kappa shape index (κ2) is 6.91. The minimum Gasteiger partial charge on any atom is -0.480 e. The number of thioether (sulfide) groups is 1. The highest BCUT2D eigenvalue weighted by molar-refractivity contribution is 8.13. The fraction of sp³-hybridized carbons (Fsp3) is 0.545. The van der Waals surface area contributed by atoms with Crippen LogP contribution in [0.15, 0.2) is 0 Å². The normalized spacial score (nSPS) is 14.4. The van der Waals surface area contributed by atoms with Crippen LogP contribution in [0.1, 0.15) is 6.42 Å². The van der Waals surface area contributed by atoms with Gasteiger partial charge in [-0.05, 0) is 0 Å². The van der Waals surface area contributed by atoms with Crippen LogP contribution in [0.25, 0.3) is 0 Å². The zero-order valence-electron chi connectivity index (χ0n) is 9.79. The highest BCUT2D eigenvalue weighted by Crippen LogP contribution is 2.17. The Morgan fingerprint density at radius 1 is 1.56 bits per heavy atom. The van der Waals surface area contributed by atoms with Crippen LogP contribution in [0.2, 0.25) is 0 Å². The third-order valence-electron chi connectivity index (χ3n) is 2.40. The number of carboxylic acid groups (broad SMARTS) is 1. The quantitative estimate of drug-likeness (QED) is 0.692. The van der Waals surface area contributed by atoms with E-state index in [2.05, 4.69) is 5.92 Å². The van der Waals surface area contributed by atoms with Gasteiger partial charge in [-0.25, -0.2) is 0 Å². The van der Waals surface area contributed by atoms with Crippen LogP contribution in [0.5, 0.6) is 0 Å². The molecule has 0 aromatic carbocycles. The van der Waals surface area contributed by atoms with E-state index < -0.39 is 12.5 Å². The lowest BCUT2D eigenvalue weighted by Gasteiger charge is -2.20. The molecular weight excluding hydrogens is 256 g/mol. The van der Waals surface area contributed by atoms with Gasteiger partial charge in [0.05, 0.1) is 6.54 Å². The Bertz CT molecular complexity index is 391. The van der Waals surface area contributed by atoms with Crippen molar-refractivity contribution in [1.82, 2.24) is 9.80 Å². The van der Waals surface area contributed by atoms with E-state index in [9.17, 15) is 14.4 Å². The first kappa shape index (κ1) is 14.4. The van der Waals surface area contributed by atoms with Gasteiger partial charge < -0.3 is 14.9 Å². The number of nitrogens with zero attached hydrogens (tertiary/aromatic N) is 2. The van der Waals surface area contributed by atoms with Gasteiger partial charge in [0.1, 0.15) is 6.54 Å². The van der Waals surface area contributed by atoms with Gasteiger partial charge in [-0.15, -0.1) is 6.42 Å². The van der Waals surface area contributed by atoms with Crippen LogP contribution in [-0.2, 0) is 9.59 Å². The lowest BCUT2D eigenvalue weighted by Crippen LogP contribution is -2.38. The molecule has 18 heavy (non-hydrogen) atoms. The van der Waals surface area contributed by atoms with Crippen LogP contribution in [0, 0.1) is 12.3 Å². The molecule has 0 saturated carbocycles. The summed E-state index contributed by atoms with van der Waals surface area (Å²) >= 11 is 1.22. The summed E-state index contributed by atoms with van der Waals surface area (Å²) in [5.74, 6) is 1.53.